The topological polar surface area (TPSA) is 29.3 Å². The molecule has 1 saturated heterocycles. The molecule has 0 amide bonds. The number of piperidine rings is 1. The summed E-state index contributed by atoms with van der Waals surface area (Å²) >= 11 is 0. The highest BCUT2D eigenvalue weighted by Gasteiger charge is 2.21. The van der Waals surface area contributed by atoms with E-state index in [-0.39, 0.29) is 12.6 Å². The lowest BCUT2D eigenvalue weighted by atomic mass is 9.99. The molecule has 3 nitrogen and oxygen atoms in total. The summed E-state index contributed by atoms with van der Waals surface area (Å²) in [6.07, 6.45) is 2.08. The fourth-order valence-electron chi connectivity index (χ4n) is 2.68. The molecule has 3 rings (SSSR count). The summed E-state index contributed by atoms with van der Waals surface area (Å²) in [5, 5.41) is 5.20. The van der Waals surface area contributed by atoms with Crippen LogP contribution in [0.25, 0.3) is 11.0 Å². The molecule has 0 N–H and O–H groups in total. The second-order valence-corrected chi connectivity index (χ2v) is 5.02. The van der Waals surface area contributed by atoms with Gasteiger partial charge >= 0.3 is 0 Å². The average molecular weight is 248 g/mol. The molecule has 2 aromatic rings. The summed E-state index contributed by atoms with van der Waals surface area (Å²) in [5.74, 6) is 0.192. The van der Waals surface area contributed by atoms with Crippen LogP contribution in [-0.4, -0.2) is 29.8 Å². The van der Waals surface area contributed by atoms with Crippen molar-refractivity contribution in [1.29, 1.82) is 0 Å². The maximum absolute atomic E-state index is 12.7. The molecule has 0 aliphatic carbocycles. The van der Waals surface area contributed by atoms with Crippen molar-refractivity contribution >= 4 is 11.0 Å². The molecule has 0 bridgehead atoms. The van der Waals surface area contributed by atoms with Crippen LogP contribution in [0.3, 0.4) is 0 Å². The van der Waals surface area contributed by atoms with E-state index in [1.165, 1.54) is 0 Å². The molecule has 18 heavy (non-hydrogen) atoms. The van der Waals surface area contributed by atoms with Gasteiger partial charge in [0.2, 0.25) is 0 Å². The molecule has 96 valence electrons. The number of para-hydroxylation sites is 1. The Bertz CT molecular complexity index is 525. The zero-order valence-electron chi connectivity index (χ0n) is 10.3. The van der Waals surface area contributed by atoms with E-state index in [0.717, 1.165) is 49.1 Å². The molecule has 1 fully saturated rings. The molecule has 4 heteroatoms. The molecule has 0 spiro atoms. The standard InChI is InChI=1S/C14H17FN2O/c15-8-11-4-3-7-17(9-11)10-13-12-5-1-2-6-14(12)18-16-13/h1-2,5-6,11H,3-4,7-10H2. The molecule has 1 unspecified atom stereocenters. The monoisotopic (exact) mass is 248 g/mol. The second kappa shape index (κ2) is 5.06. The van der Waals surface area contributed by atoms with Crippen LogP contribution in [0.4, 0.5) is 4.39 Å². The summed E-state index contributed by atoms with van der Waals surface area (Å²) in [6.45, 7) is 2.40. The number of hydrogen-bond donors (Lipinski definition) is 0. The zero-order valence-corrected chi connectivity index (χ0v) is 10.3. The minimum atomic E-state index is -0.212. The van der Waals surface area contributed by atoms with Crippen LogP contribution in [0.1, 0.15) is 18.5 Å². The van der Waals surface area contributed by atoms with Crippen molar-refractivity contribution in [3.05, 3.63) is 30.0 Å². The first-order valence-corrected chi connectivity index (χ1v) is 6.48. The fourth-order valence-corrected chi connectivity index (χ4v) is 2.68. The van der Waals surface area contributed by atoms with E-state index < -0.39 is 0 Å². The van der Waals surface area contributed by atoms with Crippen molar-refractivity contribution in [1.82, 2.24) is 10.1 Å². The normalized spacial score (nSPS) is 21.5. The van der Waals surface area contributed by atoms with Gasteiger partial charge in [-0.15, -0.1) is 0 Å². The predicted octanol–water partition coefficient (Wildman–Crippen LogP) is 3.01. The number of likely N-dealkylation sites (tertiary alicyclic amines) is 1. The van der Waals surface area contributed by atoms with Gasteiger partial charge in [0.25, 0.3) is 0 Å². The molecule has 1 aromatic carbocycles. The second-order valence-electron chi connectivity index (χ2n) is 5.02. The predicted molar refractivity (Wildman–Crippen MR) is 68.0 cm³/mol. The van der Waals surface area contributed by atoms with Crippen LogP contribution < -0.4 is 0 Å². The lowest BCUT2D eigenvalue weighted by Crippen LogP contribution is -2.35. The van der Waals surface area contributed by atoms with E-state index in [1.54, 1.807) is 0 Å². The molecular formula is C14H17FN2O. The Morgan fingerprint density at radius 1 is 1.39 bits per heavy atom. The van der Waals surface area contributed by atoms with E-state index in [0.29, 0.717) is 0 Å². The minimum Gasteiger partial charge on any atom is -0.356 e. The summed E-state index contributed by atoms with van der Waals surface area (Å²) in [7, 11) is 0. The van der Waals surface area contributed by atoms with E-state index in [4.69, 9.17) is 4.52 Å². The first kappa shape index (κ1) is 11.7. The van der Waals surface area contributed by atoms with Crippen LogP contribution >= 0.6 is 0 Å². The first-order valence-electron chi connectivity index (χ1n) is 6.48. The maximum Gasteiger partial charge on any atom is 0.167 e. The van der Waals surface area contributed by atoms with Gasteiger partial charge in [0.15, 0.2) is 5.58 Å². The average Bonchev–Trinajstić information content (AvgIpc) is 2.83. The van der Waals surface area contributed by atoms with Crippen LogP contribution in [0.5, 0.6) is 0 Å². The SMILES string of the molecule is FCC1CCCN(Cc2noc3ccccc23)C1. The van der Waals surface area contributed by atoms with Gasteiger partial charge in [0.05, 0.1) is 6.67 Å². The molecule has 1 atom stereocenters. The maximum atomic E-state index is 12.7. The van der Waals surface area contributed by atoms with E-state index >= 15 is 0 Å². The number of rotatable bonds is 3. The number of alkyl halides is 1. The van der Waals surface area contributed by atoms with Gasteiger partial charge in [-0.3, -0.25) is 9.29 Å². The van der Waals surface area contributed by atoms with E-state index in [1.807, 2.05) is 24.3 Å². The van der Waals surface area contributed by atoms with Gasteiger partial charge in [0, 0.05) is 24.4 Å². The Kier molecular flexibility index (Phi) is 3.28. The summed E-state index contributed by atoms with van der Waals surface area (Å²) in [5.41, 5.74) is 1.79. The van der Waals surface area contributed by atoms with Crippen molar-refractivity contribution < 1.29 is 8.91 Å². The Balaban J connectivity index is 1.76. The Labute approximate surface area is 106 Å². The van der Waals surface area contributed by atoms with Gasteiger partial charge < -0.3 is 4.52 Å². The van der Waals surface area contributed by atoms with Crippen LogP contribution in [0, 0.1) is 5.92 Å². The lowest BCUT2D eigenvalue weighted by molar-refractivity contribution is 0.145. The lowest BCUT2D eigenvalue weighted by Gasteiger charge is -2.30. The highest BCUT2D eigenvalue weighted by molar-refractivity contribution is 5.79. The van der Waals surface area contributed by atoms with Gasteiger partial charge in [-0.25, -0.2) is 0 Å². The van der Waals surface area contributed by atoms with Crippen LogP contribution in [0.2, 0.25) is 0 Å². The third-order valence-electron chi connectivity index (χ3n) is 3.65. The number of aromatic nitrogens is 1. The van der Waals surface area contributed by atoms with Crippen molar-refractivity contribution in [2.45, 2.75) is 19.4 Å². The Morgan fingerprint density at radius 3 is 3.17 bits per heavy atom. The van der Waals surface area contributed by atoms with Crippen molar-refractivity contribution in [3.63, 3.8) is 0 Å². The first-order chi connectivity index (χ1) is 8.86. The molecule has 1 aliphatic heterocycles. The van der Waals surface area contributed by atoms with Gasteiger partial charge in [-0.2, -0.15) is 0 Å². The summed E-state index contributed by atoms with van der Waals surface area (Å²) < 4.78 is 18.0. The number of fused-ring (bicyclic) bond motifs is 1. The largest absolute Gasteiger partial charge is 0.356 e. The van der Waals surface area contributed by atoms with Crippen molar-refractivity contribution in [3.8, 4) is 0 Å². The van der Waals surface area contributed by atoms with Crippen molar-refractivity contribution in [2.75, 3.05) is 19.8 Å². The molecule has 0 radical (unpaired) electrons. The Hall–Kier alpha value is -1.42. The highest BCUT2D eigenvalue weighted by Crippen LogP contribution is 2.22. The number of nitrogens with zero attached hydrogens (tertiary/aromatic N) is 2. The van der Waals surface area contributed by atoms with Crippen LogP contribution in [0.15, 0.2) is 28.8 Å². The fraction of sp³-hybridized carbons (Fsp3) is 0.500. The molecular weight excluding hydrogens is 231 g/mol. The zero-order chi connectivity index (χ0) is 12.4. The summed E-state index contributed by atoms with van der Waals surface area (Å²) in [6, 6.07) is 7.88. The molecule has 1 aromatic heterocycles. The quantitative estimate of drug-likeness (QED) is 0.836. The van der Waals surface area contributed by atoms with Crippen molar-refractivity contribution in [2.24, 2.45) is 5.92 Å². The van der Waals surface area contributed by atoms with E-state index in [2.05, 4.69) is 10.1 Å². The number of hydrogen-bond acceptors (Lipinski definition) is 3. The van der Waals surface area contributed by atoms with Gasteiger partial charge in [-0.1, -0.05) is 17.3 Å². The minimum absolute atomic E-state index is 0.192. The summed E-state index contributed by atoms with van der Waals surface area (Å²) in [4.78, 5) is 2.28. The Morgan fingerprint density at radius 2 is 2.28 bits per heavy atom. The highest BCUT2D eigenvalue weighted by atomic mass is 19.1. The third-order valence-corrected chi connectivity index (χ3v) is 3.65. The van der Waals surface area contributed by atoms with Crippen LogP contribution in [-0.2, 0) is 6.54 Å². The number of benzene rings is 1. The van der Waals surface area contributed by atoms with Gasteiger partial charge in [-0.05, 0) is 31.5 Å². The smallest absolute Gasteiger partial charge is 0.167 e. The molecule has 2 heterocycles. The third kappa shape index (κ3) is 2.25. The molecule has 1 aliphatic rings. The van der Waals surface area contributed by atoms with E-state index in [9.17, 15) is 4.39 Å². The number of halogens is 1. The molecule has 0 saturated carbocycles. The van der Waals surface area contributed by atoms with Gasteiger partial charge in [0.1, 0.15) is 5.69 Å².